The van der Waals surface area contributed by atoms with Gasteiger partial charge in [0.1, 0.15) is 5.54 Å². The van der Waals surface area contributed by atoms with Crippen molar-refractivity contribution in [3.8, 4) is 0 Å². The molecule has 0 radical (unpaired) electrons. The molecule has 2 aromatic carbocycles. The Bertz CT molecular complexity index is 983. The van der Waals surface area contributed by atoms with Crippen LogP contribution in [-0.2, 0) is 27.4 Å². The van der Waals surface area contributed by atoms with Crippen molar-refractivity contribution in [1.29, 1.82) is 0 Å². The largest absolute Gasteiger partial charge is 0.480 e. The summed E-state index contributed by atoms with van der Waals surface area (Å²) in [6.45, 7) is 1.13. The Labute approximate surface area is 191 Å². The summed E-state index contributed by atoms with van der Waals surface area (Å²) in [6, 6.07) is 10.2. The molecule has 1 heterocycles. The van der Waals surface area contributed by atoms with Crippen molar-refractivity contribution >= 4 is 5.97 Å². The highest BCUT2D eigenvalue weighted by Gasteiger charge is 2.46. The maximum atomic E-state index is 13.2. The fraction of sp³-hybridized carbons (Fsp3) is 0.435. The van der Waals surface area contributed by atoms with Crippen molar-refractivity contribution in [3.63, 3.8) is 0 Å². The summed E-state index contributed by atoms with van der Waals surface area (Å²) in [5.41, 5.74) is 1.12. The maximum absolute atomic E-state index is 13.2. The zero-order chi connectivity index (χ0) is 25.4. The maximum Gasteiger partial charge on any atom is 0.416 e. The first kappa shape index (κ1) is 26.0. The van der Waals surface area contributed by atoms with Gasteiger partial charge in [0.2, 0.25) is 0 Å². The third-order valence-electron chi connectivity index (χ3n) is 6.15. The van der Waals surface area contributed by atoms with Gasteiger partial charge >= 0.3 is 18.3 Å². The normalized spacial score (nSPS) is 24.6. The Morgan fingerprint density at radius 1 is 1.06 bits per heavy atom. The Morgan fingerprint density at radius 3 is 2.06 bits per heavy atom. The highest BCUT2D eigenvalue weighted by Crippen LogP contribution is 2.39. The number of carbonyl (C=O) groups is 1. The zero-order valence-electron chi connectivity index (χ0n) is 18.1. The van der Waals surface area contributed by atoms with E-state index in [1.54, 1.807) is 30.3 Å². The monoisotopic (exact) mass is 490 g/mol. The minimum absolute atomic E-state index is 0.0666. The lowest BCUT2D eigenvalue weighted by Crippen LogP contribution is -2.65. The van der Waals surface area contributed by atoms with E-state index >= 15 is 0 Å². The minimum Gasteiger partial charge on any atom is -0.480 e. The van der Waals surface area contributed by atoms with Crippen LogP contribution in [0.4, 0.5) is 26.3 Å². The fourth-order valence-corrected chi connectivity index (χ4v) is 3.91. The summed E-state index contributed by atoms with van der Waals surface area (Å²) < 4.78 is 85.1. The SMILES string of the molecule is C[C@@H](OC[C@@]1(c2ccccc2)CC[C@@](N)(C(=O)O)CN1)c1cc(C(F)(F)F)cc(C(F)(F)F)c1. The van der Waals surface area contributed by atoms with E-state index in [1.807, 2.05) is 0 Å². The topological polar surface area (TPSA) is 84.6 Å². The Balaban J connectivity index is 1.89. The van der Waals surface area contributed by atoms with E-state index in [0.717, 1.165) is 5.56 Å². The molecule has 3 rings (SSSR count). The quantitative estimate of drug-likeness (QED) is 0.504. The van der Waals surface area contributed by atoms with Crippen LogP contribution < -0.4 is 11.1 Å². The van der Waals surface area contributed by atoms with Gasteiger partial charge in [-0.25, -0.2) is 0 Å². The summed E-state index contributed by atoms with van der Waals surface area (Å²) in [5, 5.41) is 12.5. The van der Waals surface area contributed by atoms with Crippen molar-refractivity contribution in [3.05, 3.63) is 70.8 Å². The van der Waals surface area contributed by atoms with Crippen molar-refractivity contribution in [2.75, 3.05) is 13.2 Å². The van der Waals surface area contributed by atoms with Crippen LogP contribution in [0.15, 0.2) is 48.5 Å². The van der Waals surface area contributed by atoms with E-state index in [4.69, 9.17) is 10.5 Å². The molecule has 0 bridgehead atoms. The summed E-state index contributed by atoms with van der Waals surface area (Å²) in [4.78, 5) is 11.5. The van der Waals surface area contributed by atoms with Crippen molar-refractivity contribution in [2.24, 2.45) is 5.73 Å². The number of aliphatic carboxylic acids is 1. The number of hydrogen-bond donors (Lipinski definition) is 3. The summed E-state index contributed by atoms with van der Waals surface area (Å²) >= 11 is 0. The van der Waals surface area contributed by atoms with Crippen molar-refractivity contribution < 1.29 is 41.0 Å². The van der Waals surface area contributed by atoms with Crippen LogP contribution in [0.3, 0.4) is 0 Å². The molecule has 1 fully saturated rings. The highest BCUT2D eigenvalue weighted by atomic mass is 19.4. The number of carboxylic acid groups (broad SMARTS) is 1. The van der Waals surface area contributed by atoms with Crippen LogP contribution in [0.25, 0.3) is 0 Å². The molecule has 1 aliphatic heterocycles. The average molecular weight is 490 g/mol. The lowest BCUT2D eigenvalue weighted by atomic mass is 9.77. The Morgan fingerprint density at radius 2 is 1.62 bits per heavy atom. The molecule has 186 valence electrons. The number of rotatable bonds is 6. The number of piperidine rings is 1. The number of benzene rings is 2. The van der Waals surface area contributed by atoms with E-state index in [0.29, 0.717) is 12.1 Å². The lowest BCUT2D eigenvalue weighted by Gasteiger charge is -2.44. The molecule has 4 N–H and O–H groups in total. The first-order valence-electron chi connectivity index (χ1n) is 10.4. The predicted molar refractivity (Wildman–Crippen MR) is 111 cm³/mol. The van der Waals surface area contributed by atoms with Gasteiger partial charge in [0, 0.05) is 6.54 Å². The van der Waals surface area contributed by atoms with Crippen LogP contribution in [0.5, 0.6) is 0 Å². The molecule has 11 heteroatoms. The number of nitrogens with one attached hydrogen (secondary N) is 1. The molecule has 0 spiro atoms. The number of ether oxygens (including phenoxy) is 1. The van der Waals surface area contributed by atoms with Crippen molar-refractivity contribution in [1.82, 2.24) is 5.32 Å². The standard InChI is InChI=1S/C23H24F6N2O3/c1-14(15-9-17(22(24,25)26)11-18(10-15)23(27,28)29)34-13-21(16-5-3-2-4-6-16)8-7-20(30,12-31-21)19(32)33/h2-6,9-11,14,31H,7-8,12-13,30H2,1H3,(H,32,33)/t14-,20+,21-/m1/s1. The molecule has 0 aliphatic carbocycles. The molecule has 0 aromatic heterocycles. The Kier molecular flexibility index (Phi) is 7.03. The first-order valence-corrected chi connectivity index (χ1v) is 10.4. The lowest BCUT2D eigenvalue weighted by molar-refractivity contribution is -0.146. The van der Waals surface area contributed by atoms with Crippen LogP contribution in [-0.4, -0.2) is 29.8 Å². The molecule has 0 amide bonds. The van der Waals surface area contributed by atoms with Gasteiger partial charge in [-0.2, -0.15) is 26.3 Å². The number of hydrogen-bond acceptors (Lipinski definition) is 4. The molecule has 1 saturated heterocycles. The van der Waals surface area contributed by atoms with Crippen LogP contribution >= 0.6 is 0 Å². The molecule has 34 heavy (non-hydrogen) atoms. The van der Waals surface area contributed by atoms with Gasteiger partial charge in [-0.1, -0.05) is 30.3 Å². The molecule has 0 saturated carbocycles. The van der Waals surface area contributed by atoms with E-state index in [-0.39, 0.29) is 37.6 Å². The number of nitrogens with two attached hydrogens (primary N) is 1. The summed E-state index contributed by atoms with van der Waals surface area (Å²) in [6.07, 6.45) is -10.7. The van der Waals surface area contributed by atoms with Crippen LogP contribution in [0.2, 0.25) is 0 Å². The molecule has 1 aliphatic rings. The molecule has 0 unspecified atom stereocenters. The van der Waals surface area contributed by atoms with Gasteiger partial charge in [-0.3, -0.25) is 4.79 Å². The van der Waals surface area contributed by atoms with Gasteiger partial charge in [0.05, 0.1) is 29.4 Å². The smallest absolute Gasteiger partial charge is 0.416 e. The molecular weight excluding hydrogens is 466 g/mol. The van der Waals surface area contributed by atoms with Crippen LogP contribution in [0, 0.1) is 0 Å². The fourth-order valence-electron chi connectivity index (χ4n) is 3.91. The first-order chi connectivity index (χ1) is 15.7. The second-order valence-electron chi connectivity index (χ2n) is 8.56. The van der Waals surface area contributed by atoms with Gasteiger partial charge in [-0.05, 0) is 49.1 Å². The van der Waals surface area contributed by atoms with E-state index < -0.39 is 46.6 Å². The molecular formula is C23H24F6N2O3. The second kappa shape index (κ2) is 9.20. The van der Waals surface area contributed by atoms with E-state index in [1.165, 1.54) is 6.92 Å². The summed E-state index contributed by atoms with van der Waals surface area (Å²) in [7, 11) is 0. The second-order valence-corrected chi connectivity index (χ2v) is 8.56. The average Bonchev–Trinajstić information content (AvgIpc) is 2.78. The molecule has 3 atom stereocenters. The molecule has 5 nitrogen and oxygen atoms in total. The van der Waals surface area contributed by atoms with Crippen LogP contribution in [0.1, 0.15) is 48.1 Å². The number of alkyl halides is 6. The van der Waals surface area contributed by atoms with Gasteiger partial charge in [-0.15, -0.1) is 0 Å². The summed E-state index contributed by atoms with van der Waals surface area (Å²) in [5.74, 6) is -1.18. The van der Waals surface area contributed by atoms with Gasteiger partial charge in [0.15, 0.2) is 0 Å². The third kappa shape index (κ3) is 5.53. The molecule has 2 aromatic rings. The zero-order valence-corrected chi connectivity index (χ0v) is 18.1. The Hall–Kier alpha value is -2.63. The van der Waals surface area contributed by atoms with E-state index in [2.05, 4.69) is 5.32 Å². The van der Waals surface area contributed by atoms with Crippen molar-refractivity contribution in [2.45, 2.75) is 49.3 Å². The predicted octanol–water partition coefficient (Wildman–Crippen LogP) is 4.86. The minimum atomic E-state index is -4.97. The third-order valence-corrected chi connectivity index (χ3v) is 6.15. The van der Waals surface area contributed by atoms with Gasteiger partial charge in [0.25, 0.3) is 0 Å². The highest BCUT2D eigenvalue weighted by molar-refractivity contribution is 5.79. The van der Waals surface area contributed by atoms with E-state index in [9.17, 15) is 36.2 Å². The number of carboxylic acids is 1. The number of halogens is 6. The van der Waals surface area contributed by atoms with Gasteiger partial charge < -0.3 is 20.9 Å².